The van der Waals surface area contributed by atoms with E-state index in [1.54, 1.807) is 32.4 Å². The number of methoxy groups -OCH3 is 2. The lowest BCUT2D eigenvalue weighted by Gasteiger charge is -2.07. The predicted octanol–water partition coefficient (Wildman–Crippen LogP) is 2.31. The van der Waals surface area contributed by atoms with E-state index in [1.165, 1.54) is 0 Å². The van der Waals surface area contributed by atoms with Crippen LogP contribution in [0.1, 0.15) is 0 Å². The Morgan fingerprint density at radius 2 is 2.11 bits per heavy atom. The Morgan fingerprint density at radius 3 is 2.74 bits per heavy atom. The van der Waals surface area contributed by atoms with Crippen LogP contribution in [0, 0.1) is 0 Å². The van der Waals surface area contributed by atoms with Gasteiger partial charge in [0.2, 0.25) is 5.13 Å². The number of amides is 1. The highest BCUT2D eigenvalue weighted by Gasteiger charge is 2.14. The highest BCUT2D eigenvalue weighted by Crippen LogP contribution is 2.36. The summed E-state index contributed by atoms with van der Waals surface area (Å²) in [7, 11) is 3.10. The summed E-state index contributed by atoms with van der Waals surface area (Å²) in [4.78, 5) is 10.5. The second kappa shape index (κ2) is 5.53. The molecule has 0 saturated heterocycles. The van der Waals surface area contributed by atoms with Crippen molar-refractivity contribution in [1.29, 1.82) is 0 Å². The zero-order valence-corrected chi connectivity index (χ0v) is 11.0. The van der Waals surface area contributed by atoms with Gasteiger partial charge in [-0.3, -0.25) is 5.32 Å². The summed E-state index contributed by atoms with van der Waals surface area (Å²) >= 11 is 1.11. The average molecular weight is 281 g/mol. The first-order valence-electron chi connectivity index (χ1n) is 5.20. The van der Waals surface area contributed by atoms with E-state index in [4.69, 9.17) is 14.6 Å². The molecule has 0 bridgehead atoms. The van der Waals surface area contributed by atoms with Crippen molar-refractivity contribution in [2.24, 2.45) is 0 Å². The molecule has 0 saturated carbocycles. The normalized spacial score (nSPS) is 10.0. The van der Waals surface area contributed by atoms with Crippen LogP contribution in [-0.2, 0) is 0 Å². The summed E-state index contributed by atoms with van der Waals surface area (Å²) in [5.41, 5.74) is 0.692. The monoisotopic (exact) mass is 281 g/mol. The fraction of sp³-hybridized carbons (Fsp3) is 0.182. The molecule has 8 heteroatoms. The molecule has 1 amide bonds. The van der Waals surface area contributed by atoms with Gasteiger partial charge in [0.05, 0.1) is 19.8 Å². The lowest BCUT2D eigenvalue weighted by atomic mass is 10.2. The lowest BCUT2D eigenvalue weighted by Crippen LogP contribution is -2.06. The van der Waals surface area contributed by atoms with Gasteiger partial charge in [-0.05, 0) is 18.2 Å². The molecule has 0 spiro atoms. The van der Waals surface area contributed by atoms with E-state index in [1.807, 2.05) is 0 Å². The SMILES string of the molecule is COc1ccc(OC)c(-c2nnc(NC(=O)O)s2)c1. The minimum atomic E-state index is -1.18. The number of nitrogens with one attached hydrogen (secondary N) is 1. The smallest absolute Gasteiger partial charge is 0.411 e. The Labute approximate surface area is 112 Å². The van der Waals surface area contributed by atoms with Gasteiger partial charge in [0, 0.05) is 0 Å². The van der Waals surface area contributed by atoms with E-state index in [2.05, 4.69) is 15.5 Å². The first-order valence-corrected chi connectivity index (χ1v) is 6.01. The quantitative estimate of drug-likeness (QED) is 0.893. The molecule has 2 rings (SSSR count). The van der Waals surface area contributed by atoms with Crippen LogP contribution in [0.15, 0.2) is 18.2 Å². The largest absolute Gasteiger partial charge is 0.497 e. The molecule has 0 unspecified atom stereocenters. The highest BCUT2D eigenvalue weighted by atomic mass is 32.1. The summed E-state index contributed by atoms with van der Waals surface area (Å²) in [5, 5.41) is 19.2. The molecule has 2 N–H and O–H groups in total. The van der Waals surface area contributed by atoms with E-state index in [9.17, 15) is 4.79 Å². The van der Waals surface area contributed by atoms with E-state index < -0.39 is 6.09 Å². The first-order chi connectivity index (χ1) is 9.13. The van der Waals surface area contributed by atoms with Crippen LogP contribution < -0.4 is 14.8 Å². The van der Waals surface area contributed by atoms with E-state index in [0.717, 1.165) is 11.3 Å². The molecule has 0 aliphatic rings. The molecule has 100 valence electrons. The topological polar surface area (TPSA) is 93.6 Å². The summed E-state index contributed by atoms with van der Waals surface area (Å²) in [6.45, 7) is 0. The number of nitrogens with zero attached hydrogens (tertiary/aromatic N) is 2. The summed E-state index contributed by atoms with van der Waals surface area (Å²) in [6.07, 6.45) is -1.18. The van der Waals surface area contributed by atoms with Crippen LogP contribution in [0.25, 0.3) is 10.6 Å². The van der Waals surface area contributed by atoms with Crippen LogP contribution in [-0.4, -0.2) is 35.6 Å². The molecule has 0 radical (unpaired) electrons. The Morgan fingerprint density at radius 1 is 1.32 bits per heavy atom. The molecule has 1 aromatic heterocycles. The zero-order chi connectivity index (χ0) is 13.8. The molecule has 7 nitrogen and oxygen atoms in total. The van der Waals surface area contributed by atoms with Crippen molar-refractivity contribution in [1.82, 2.24) is 10.2 Å². The fourth-order valence-electron chi connectivity index (χ4n) is 1.46. The van der Waals surface area contributed by atoms with E-state index in [-0.39, 0.29) is 5.13 Å². The summed E-state index contributed by atoms with van der Waals surface area (Å²) in [5.74, 6) is 1.26. The Balaban J connectivity index is 2.39. The standard InChI is InChI=1S/C11H11N3O4S/c1-17-6-3-4-8(18-2)7(5-6)9-13-14-10(19-9)12-11(15)16/h3-5H,1-2H3,(H,12,14)(H,15,16). The van der Waals surface area contributed by atoms with Crippen molar-refractivity contribution in [2.45, 2.75) is 0 Å². The minimum Gasteiger partial charge on any atom is -0.497 e. The molecular formula is C11H11N3O4S. The first kappa shape index (κ1) is 13.1. The van der Waals surface area contributed by atoms with Crippen molar-refractivity contribution in [2.75, 3.05) is 19.5 Å². The van der Waals surface area contributed by atoms with Gasteiger partial charge < -0.3 is 14.6 Å². The Bertz CT molecular complexity index is 599. The van der Waals surface area contributed by atoms with Crippen LogP contribution in [0.2, 0.25) is 0 Å². The molecule has 1 aromatic carbocycles. The molecule has 0 aliphatic carbocycles. The maximum absolute atomic E-state index is 10.5. The number of ether oxygens (including phenoxy) is 2. The Hall–Kier alpha value is -2.35. The number of benzene rings is 1. The summed E-state index contributed by atoms with van der Waals surface area (Å²) in [6, 6.07) is 5.27. The number of hydrogen-bond donors (Lipinski definition) is 2. The molecule has 2 aromatic rings. The maximum atomic E-state index is 10.5. The number of carboxylic acid groups (broad SMARTS) is 1. The fourth-order valence-corrected chi connectivity index (χ4v) is 2.21. The molecule has 0 fully saturated rings. The third kappa shape index (κ3) is 2.91. The minimum absolute atomic E-state index is 0.201. The number of carbonyl (C=O) groups is 1. The zero-order valence-electron chi connectivity index (χ0n) is 10.2. The van der Waals surface area contributed by atoms with Crippen molar-refractivity contribution < 1.29 is 19.4 Å². The van der Waals surface area contributed by atoms with Crippen LogP contribution >= 0.6 is 11.3 Å². The van der Waals surface area contributed by atoms with Crippen molar-refractivity contribution in [3.8, 4) is 22.1 Å². The molecular weight excluding hydrogens is 270 g/mol. The molecule has 1 heterocycles. The molecule has 0 aliphatic heterocycles. The number of anilines is 1. The van der Waals surface area contributed by atoms with E-state index >= 15 is 0 Å². The van der Waals surface area contributed by atoms with Crippen LogP contribution in [0.5, 0.6) is 11.5 Å². The predicted molar refractivity (Wildman–Crippen MR) is 70.1 cm³/mol. The van der Waals surface area contributed by atoms with Gasteiger partial charge in [-0.1, -0.05) is 11.3 Å². The average Bonchev–Trinajstić information content (AvgIpc) is 2.85. The third-order valence-electron chi connectivity index (χ3n) is 2.28. The third-order valence-corrected chi connectivity index (χ3v) is 3.15. The second-order valence-electron chi connectivity index (χ2n) is 3.41. The Kier molecular flexibility index (Phi) is 3.81. The van der Waals surface area contributed by atoms with Gasteiger partial charge in [0.1, 0.15) is 11.5 Å². The van der Waals surface area contributed by atoms with Gasteiger partial charge in [-0.2, -0.15) is 0 Å². The van der Waals surface area contributed by atoms with Crippen LogP contribution in [0.3, 0.4) is 0 Å². The number of aromatic nitrogens is 2. The van der Waals surface area contributed by atoms with Crippen LogP contribution in [0.4, 0.5) is 9.93 Å². The molecule has 19 heavy (non-hydrogen) atoms. The van der Waals surface area contributed by atoms with Gasteiger partial charge in [0.15, 0.2) is 5.01 Å². The summed E-state index contributed by atoms with van der Waals surface area (Å²) < 4.78 is 10.4. The van der Waals surface area contributed by atoms with Crippen molar-refractivity contribution >= 4 is 22.6 Å². The maximum Gasteiger partial charge on any atom is 0.411 e. The van der Waals surface area contributed by atoms with Gasteiger partial charge in [-0.25, -0.2) is 4.79 Å². The number of rotatable bonds is 4. The van der Waals surface area contributed by atoms with Gasteiger partial charge in [0.25, 0.3) is 0 Å². The lowest BCUT2D eigenvalue weighted by molar-refractivity contribution is 0.209. The van der Waals surface area contributed by atoms with E-state index in [0.29, 0.717) is 22.1 Å². The second-order valence-corrected chi connectivity index (χ2v) is 4.39. The van der Waals surface area contributed by atoms with Gasteiger partial charge in [-0.15, -0.1) is 10.2 Å². The molecule has 0 atom stereocenters. The van der Waals surface area contributed by atoms with Crippen molar-refractivity contribution in [3.05, 3.63) is 18.2 Å². The van der Waals surface area contributed by atoms with Gasteiger partial charge >= 0.3 is 6.09 Å². The number of hydrogen-bond acceptors (Lipinski definition) is 6. The highest BCUT2D eigenvalue weighted by molar-refractivity contribution is 7.18. The van der Waals surface area contributed by atoms with Crippen molar-refractivity contribution in [3.63, 3.8) is 0 Å².